The molecule has 1 heterocycles. The van der Waals surface area contributed by atoms with E-state index in [2.05, 4.69) is 36.7 Å². The summed E-state index contributed by atoms with van der Waals surface area (Å²) < 4.78 is 11.3. The van der Waals surface area contributed by atoms with E-state index in [0.717, 1.165) is 4.47 Å². The Morgan fingerprint density at radius 1 is 1.10 bits per heavy atom. The topological polar surface area (TPSA) is 106 Å². The van der Waals surface area contributed by atoms with Gasteiger partial charge >= 0.3 is 0 Å². The summed E-state index contributed by atoms with van der Waals surface area (Å²) in [5, 5.41) is 9.24. The SMILES string of the molecule is Cc1nc(COc2ccc(C(=O)NCCC(=O)Nc3ccc(Br)cc3)cc2)no1. The number of carbonyl (C=O) groups is 2. The molecule has 0 radical (unpaired) electrons. The summed E-state index contributed by atoms with van der Waals surface area (Å²) in [6.07, 6.45) is 0.174. The van der Waals surface area contributed by atoms with E-state index in [9.17, 15) is 9.59 Å². The number of nitrogens with one attached hydrogen (secondary N) is 2. The van der Waals surface area contributed by atoms with E-state index in [1.54, 1.807) is 43.3 Å². The van der Waals surface area contributed by atoms with Crippen molar-refractivity contribution in [2.24, 2.45) is 0 Å². The molecule has 0 aliphatic heterocycles. The summed E-state index contributed by atoms with van der Waals surface area (Å²) in [5.74, 6) is 1.07. The van der Waals surface area contributed by atoms with Crippen molar-refractivity contribution < 1.29 is 18.8 Å². The molecule has 0 spiro atoms. The number of hydrogen-bond acceptors (Lipinski definition) is 6. The average Bonchev–Trinajstić information content (AvgIpc) is 3.13. The Bertz CT molecular complexity index is 971. The van der Waals surface area contributed by atoms with Crippen LogP contribution in [-0.4, -0.2) is 28.5 Å². The van der Waals surface area contributed by atoms with Crippen LogP contribution in [0.25, 0.3) is 0 Å². The molecule has 3 aromatic rings. The molecule has 2 aromatic carbocycles. The minimum Gasteiger partial charge on any atom is -0.485 e. The van der Waals surface area contributed by atoms with Gasteiger partial charge < -0.3 is 19.9 Å². The summed E-state index contributed by atoms with van der Waals surface area (Å²) in [6.45, 7) is 2.11. The number of nitrogens with zero attached hydrogens (tertiary/aromatic N) is 2. The number of hydrogen-bond donors (Lipinski definition) is 2. The summed E-state index contributed by atoms with van der Waals surface area (Å²) in [7, 11) is 0. The smallest absolute Gasteiger partial charge is 0.251 e. The molecule has 0 saturated heterocycles. The summed E-state index contributed by atoms with van der Waals surface area (Å²) in [4.78, 5) is 28.2. The fourth-order valence-corrected chi connectivity index (χ4v) is 2.66. The Morgan fingerprint density at radius 3 is 2.48 bits per heavy atom. The normalized spacial score (nSPS) is 10.4. The first-order chi connectivity index (χ1) is 14.0. The second kappa shape index (κ2) is 9.83. The number of ether oxygens (including phenoxy) is 1. The number of carbonyl (C=O) groups excluding carboxylic acids is 2. The van der Waals surface area contributed by atoms with E-state index in [1.165, 1.54) is 0 Å². The molecule has 3 rings (SSSR count). The Morgan fingerprint density at radius 2 is 1.83 bits per heavy atom. The third-order valence-corrected chi connectivity index (χ3v) is 4.35. The fraction of sp³-hybridized carbons (Fsp3) is 0.200. The number of benzene rings is 2. The lowest BCUT2D eigenvalue weighted by atomic mass is 10.2. The maximum absolute atomic E-state index is 12.2. The van der Waals surface area contributed by atoms with Gasteiger partial charge in [-0.05, 0) is 48.5 Å². The molecule has 0 aliphatic rings. The molecule has 29 heavy (non-hydrogen) atoms. The molecule has 0 aliphatic carbocycles. The van der Waals surface area contributed by atoms with Crippen LogP contribution in [0.1, 0.15) is 28.5 Å². The molecule has 9 heteroatoms. The number of aromatic nitrogens is 2. The van der Waals surface area contributed by atoms with Gasteiger partial charge in [0.05, 0.1) is 0 Å². The lowest BCUT2D eigenvalue weighted by Gasteiger charge is -2.08. The predicted molar refractivity (Wildman–Crippen MR) is 110 cm³/mol. The van der Waals surface area contributed by atoms with Gasteiger partial charge in [0.1, 0.15) is 5.75 Å². The standard InChI is InChI=1S/C20H19BrN4O4/c1-13-23-18(25-29-13)12-28-17-8-2-14(3-9-17)20(27)22-11-10-19(26)24-16-6-4-15(21)5-7-16/h2-9H,10-12H2,1H3,(H,22,27)(H,24,26). The van der Waals surface area contributed by atoms with E-state index < -0.39 is 0 Å². The van der Waals surface area contributed by atoms with E-state index in [4.69, 9.17) is 9.26 Å². The molecule has 2 amide bonds. The van der Waals surface area contributed by atoms with E-state index >= 15 is 0 Å². The van der Waals surface area contributed by atoms with Crippen molar-refractivity contribution in [2.45, 2.75) is 20.0 Å². The average molecular weight is 459 g/mol. The minimum absolute atomic E-state index is 0.173. The zero-order valence-electron chi connectivity index (χ0n) is 15.6. The van der Waals surface area contributed by atoms with Crippen molar-refractivity contribution in [1.82, 2.24) is 15.5 Å². The van der Waals surface area contributed by atoms with Crippen molar-refractivity contribution >= 4 is 33.4 Å². The minimum atomic E-state index is -0.262. The molecule has 0 bridgehead atoms. The first kappa shape index (κ1) is 20.5. The van der Waals surface area contributed by atoms with Crippen LogP contribution in [0.3, 0.4) is 0 Å². The number of rotatable bonds is 8. The third-order valence-electron chi connectivity index (χ3n) is 3.82. The van der Waals surface area contributed by atoms with Crippen LogP contribution in [0.4, 0.5) is 5.69 Å². The van der Waals surface area contributed by atoms with Gasteiger partial charge in [0.2, 0.25) is 17.6 Å². The second-order valence-electron chi connectivity index (χ2n) is 6.10. The molecule has 150 valence electrons. The highest BCUT2D eigenvalue weighted by atomic mass is 79.9. The first-order valence-corrected chi connectivity index (χ1v) is 9.64. The van der Waals surface area contributed by atoms with Crippen molar-refractivity contribution in [3.05, 3.63) is 70.3 Å². The Labute approximate surface area is 175 Å². The fourth-order valence-electron chi connectivity index (χ4n) is 2.40. The van der Waals surface area contributed by atoms with Crippen LogP contribution < -0.4 is 15.4 Å². The zero-order valence-corrected chi connectivity index (χ0v) is 17.2. The van der Waals surface area contributed by atoms with Gasteiger partial charge in [-0.15, -0.1) is 0 Å². The van der Waals surface area contributed by atoms with Crippen molar-refractivity contribution in [1.29, 1.82) is 0 Å². The van der Waals surface area contributed by atoms with Crippen LogP contribution in [0.15, 0.2) is 57.5 Å². The van der Waals surface area contributed by atoms with E-state index in [1.807, 2.05) is 12.1 Å². The highest BCUT2D eigenvalue weighted by Gasteiger charge is 2.08. The lowest BCUT2D eigenvalue weighted by Crippen LogP contribution is -2.27. The van der Waals surface area contributed by atoms with Crippen LogP contribution in [0.2, 0.25) is 0 Å². The first-order valence-electron chi connectivity index (χ1n) is 8.85. The predicted octanol–water partition coefficient (Wildman–Crippen LogP) is 3.48. The molecule has 2 N–H and O–H groups in total. The largest absolute Gasteiger partial charge is 0.485 e. The number of halogens is 1. The van der Waals surface area contributed by atoms with Gasteiger partial charge in [0, 0.05) is 35.6 Å². The monoisotopic (exact) mass is 458 g/mol. The van der Waals surface area contributed by atoms with Crippen molar-refractivity contribution in [3.63, 3.8) is 0 Å². The molecular weight excluding hydrogens is 440 g/mol. The van der Waals surface area contributed by atoms with Crippen molar-refractivity contribution in [2.75, 3.05) is 11.9 Å². The van der Waals surface area contributed by atoms with Gasteiger partial charge in [-0.1, -0.05) is 21.1 Å². The van der Waals surface area contributed by atoms with Gasteiger partial charge in [-0.2, -0.15) is 4.98 Å². The molecular formula is C20H19BrN4O4. The number of amides is 2. The van der Waals surface area contributed by atoms with Crippen LogP contribution >= 0.6 is 15.9 Å². The number of aryl methyl sites for hydroxylation is 1. The summed E-state index contributed by atoms with van der Waals surface area (Å²) >= 11 is 3.34. The number of anilines is 1. The van der Waals surface area contributed by atoms with Crippen LogP contribution in [0.5, 0.6) is 5.75 Å². The third kappa shape index (κ3) is 6.42. The maximum Gasteiger partial charge on any atom is 0.251 e. The van der Waals surface area contributed by atoms with E-state index in [-0.39, 0.29) is 31.4 Å². The highest BCUT2D eigenvalue weighted by Crippen LogP contribution is 2.15. The molecule has 1 aromatic heterocycles. The second-order valence-corrected chi connectivity index (χ2v) is 7.02. The molecule has 0 atom stereocenters. The van der Waals surface area contributed by atoms with Gasteiger partial charge in [-0.3, -0.25) is 9.59 Å². The van der Waals surface area contributed by atoms with Crippen LogP contribution in [-0.2, 0) is 11.4 Å². The maximum atomic E-state index is 12.2. The van der Waals surface area contributed by atoms with Crippen molar-refractivity contribution in [3.8, 4) is 5.75 Å². The Kier molecular flexibility index (Phi) is 6.96. The highest BCUT2D eigenvalue weighted by molar-refractivity contribution is 9.10. The van der Waals surface area contributed by atoms with Crippen LogP contribution in [0, 0.1) is 6.92 Å². The Balaban J connectivity index is 1.40. The quantitative estimate of drug-likeness (QED) is 0.535. The van der Waals surface area contributed by atoms with Gasteiger partial charge in [0.25, 0.3) is 5.91 Å². The van der Waals surface area contributed by atoms with E-state index in [0.29, 0.717) is 28.7 Å². The summed E-state index contributed by atoms with van der Waals surface area (Å²) in [5.41, 5.74) is 1.18. The lowest BCUT2D eigenvalue weighted by molar-refractivity contribution is -0.116. The molecule has 0 saturated carbocycles. The summed E-state index contributed by atoms with van der Waals surface area (Å²) in [6, 6.07) is 13.9. The molecule has 0 fully saturated rings. The molecule has 8 nitrogen and oxygen atoms in total. The van der Waals surface area contributed by atoms with Gasteiger partial charge in [-0.25, -0.2) is 0 Å². The van der Waals surface area contributed by atoms with Gasteiger partial charge in [0.15, 0.2) is 6.61 Å². The Hall–Kier alpha value is -3.20. The molecule has 0 unspecified atom stereocenters. The zero-order chi connectivity index (χ0) is 20.6.